The minimum absolute atomic E-state index is 0.179. The Kier molecular flexibility index (Phi) is 3.10. The number of fused-ring (bicyclic) bond motifs is 3. The van der Waals surface area contributed by atoms with Gasteiger partial charge in [0.25, 0.3) is 0 Å². The summed E-state index contributed by atoms with van der Waals surface area (Å²) in [6, 6.07) is 16.8. The van der Waals surface area contributed by atoms with Crippen molar-refractivity contribution in [1.29, 1.82) is 0 Å². The van der Waals surface area contributed by atoms with Crippen LogP contribution in [0.1, 0.15) is 42.4 Å². The third kappa shape index (κ3) is 2.01. The van der Waals surface area contributed by atoms with Crippen molar-refractivity contribution in [3.05, 3.63) is 59.7 Å². The van der Waals surface area contributed by atoms with Crippen LogP contribution in [0.4, 0.5) is 0 Å². The van der Waals surface area contributed by atoms with E-state index >= 15 is 0 Å². The molecule has 2 heteroatoms. The Morgan fingerprint density at radius 2 is 1.86 bits per heavy atom. The number of rotatable bonds is 2. The van der Waals surface area contributed by atoms with Crippen LogP contribution in [0, 0.1) is 5.92 Å². The maximum atomic E-state index is 6.39. The largest absolute Gasteiger partial charge is 0.496 e. The lowest BCUT2D eigenvalue weighted by molar-refractivity contribution is 0.102. The first-order chi connectivity index (χ1) is 10.4. The zero-order valence-corrected chi connectivity index (χ0v) is 12.3. The van der Waals surface area contributed by atoms with Crippen molar-refractivity contribution in [3.8, 4) is 11.5 Å². The lowest BCUT2D eigenvalue weighted by atomic mass is 9.79. The molecule has 1 fully saturated rings. The number of hydrogen-bond donors (Lipinski definition) is 0. The molecule has 0 radical (unpaired) electrons. The maximum Gasteiger partial charge on any atom is 0.127 e. The van der Waals surface area contributed by atoms with Crippen molar-refractivity contribution < 1.29 is 9.47 Å². The number of ether oxygens (including phenoxy) is 2. The number of hydrogen-bond acceptors (Lipinski definition) is 2. The van der Waals surface area contributed by atoms with Gasteiger partial charge in [-0.3, -0.25) is 0 Å². The molecule has 1 heterocycles. The Morgan fingerprint density at radius 1 is 1.00 bits per heavy atom. The molecule has 0 amide bonds. The van der Waals surface area contributed by atoms with E-state index in [-0.39, 0.29) is 6.10 Å². The number of methoxy groups -OCH3 is 1. The van der Waals surface area contributed by atoms with Gasteiger partial charge in [0.1, 0.15) is 17.6 Å². The summed E-state index contributed by atoms with van der Waals surface area (Å²) >= 11 is 0. The summed E-state index contributed by atoms with van der Waals surface area (Å²) in [4.78, 5) is 0. The SMILES string of the molecule is COc1cccc2c1[C@@H]1CCC[C@@H]1[C@H](c1ccccc1)O2. The van der Waals surface area contributed by atoms with Gasteiger partial charge in [0.15, 0.2) is 0 Å². The number of benzene rings is 2. The van der Waals surface area contributed by atoms with Gasteiger partial charge < -0.3 is 9.47 Å². The topological polar surface area (TPSA) is 18.5 Å². The molecular formula is C19H20O2. The van der Waals surface area contributed by atoms with Crippen molar-refractivity contribution in [1.82, 2.24) is 0 Å². The Bertz CT molecular complexity index is 635. The fraction of sp³-hybridized carbons (Fsp3) is 0.368. The summed E-state index contributed by atoms with van der Waals surface area (Å²) in [6.07, 6.45) is 3.93. The molecule has 4 rings (SSSR count). The molecule has 0 saturated heterocycles. The van der Waals surface area contributed by atoms with Crippen LogP contribution in [0.5, 0.6) is 11.5 Å². The average Bonchev–Trinajstić information content (AvgIpc) is 3.03. The van der Waals surface area contributed by atoms with E-state index in [2.05, 4.69) is 42.5 Å². The molecule has 0 spiro atoms. The third-order valence-electron chi connectivity index (χ3n) is 4.96. The highest BCUT2D eigenvalue weighted by Crippen LogP contribution is 2.56. The molecule has 1 aliphatic carbocycles. The summed E-state index contributed by atoms with van der Waals surface area (Å²) in [6.45, 7) is 0. The molecule has 108 valence electrons. The van der Waals surface area contributed by atoms with E-state index in [1.807, 2.05) is 6.07 Å². The molecule has 0 bridgehead atoms. The minimum atomic E-state index is 0.179. The zero-order valence-electron chi connectivity index (χ0n) is 12.3. The summed E-state index contributed by atoms with van der Waals surface area (Å²) in [5.74, 6) is 3.12. The lowest BCUT2D eigenvalue weighted by Gasteiger charge is -2.37. The fourth-order valence-corrected chi connectivity index (χ4v) is 4.06. The Morgan fingerprint density at radius 3 is 2.67 bits per heavy atom. The maximum absolute atomic E-state index is 6.39. The van der Waals surface area contributed by atoms with E-state index < -0.39 is 0 Å². The Labute approximate surface area is 125 Å². The molecule has 2 aromatic carbocycles. The highest BCUT2D eigenvalue weighted by atomic mass is 16.5. The monoisotopic (exact) mass is 280 g/mol. The summed E-state index contributed by atoms with van der Waals surface area (Å²) < 4.78 is 12.0. The van der Waals surface area contributed by atoms with Gasteiger partial charge in [-0.2, -0.15) is 0 Å². The normalized spacial score (nSPS) is 26.6. The van der Waals surface area contributed by atoms with Crippen LogP contribution in [0.2, 0.25) is 0 Å². The van der Waals surface area contributed by atoms with E-state index in [0.29, 0.717) is 11.8 Å². The summed E-state index contributed by atoms with van der Waals surface area (Å²) in [7, 11) is 1.75. The van der Waals surface area contributed by atoms with Gasteiger partial charge in [-0.1, -0.05) is 42.8 Å². The second-order valence-corrected chi connectivity index (χ2v) is 6.02. The van der Waals surface area contributed by atoms with E-state index in [4.69, 9.17) is 9.47 Å². The molecule has 21 heavy (non-hydrogen) atoms. The van der Waals surface area contributed by atoms with Crippen molar-refractivity contribution in [2.75, 3.05) is 7.11 Å². The van der Waals surface area contributed by atoms with Gasteiger partial charge in [-0.05, 0) is 36.5 Å². The second kappa shape index (κ2) is 5.10. The summed E-state index contributed by atoms with van der Waals surface area (Å²) in [5, 5.41) is 0. The highest BCUT2D eigenvalue weighted by Gasteiger charge is 2.43. The molecule has 2 nitrogen and oxygen atoms in total. The predicted molar refractivity (Wildman–Crippen MR) is 82.9 cm³/mol. The molecular weight excluding hydrogens is 260 g/mol. The zero-order chi connectivity index (χ0) is 14.2. The van der Waals surface area contributed by atoms with Crippen molar-refractivity contribution >= 4 is 0 Å². The predicted octanol–water partition coefficient (Wildman–Crippen LogP) is 4.71. The van der Waals surface area contributed by atoms with Gasteiger partial charge >= 0.3 is 0 Å². The van der Waals surface area contributed by atoms with E-state index in [9.17, 15) is 0 Å². The van der Waals surface area contributed by atoms with Gasteiger partial charge in [0, 0.05) is 11.5 Å². The van der Waals surface area contributed by atoms with E-state index in [0.717, 1.165) is 11.5 Å². The average molecular weight is 280 g/mol. The van der Waals surface area contributed by atoms with Gasteiger partial charge in [-0.25, -0.2) is 0 Å². The van der Waals surface area contributed by atoms with Crippen LogP contribution in [-0.4, -0.2) is 7.11 Å². The second-order valence-electron chi connectivity index (χ2n) is 6.02. The van der Waals surface area contributed by atoms with Gasteiger partial charge in [0.2, 0.25) is 0 Å². The third-order valence-corrected chi connectivity index (χ3v) is 4.96. The lowest BCUT2D eigenvalue weighted by Crippen LogP contribution is -2.27. The van der Waals surface area contributed by atoms with Crippen LogP contribution in [-0.2, 0) is 0 Å². The van der Waals surface area contributed by atoms with Crippen LogP contribution in [0.3, 0.4) is 0 Å². The van der Waals surface area contributed by atoms with E-state index in [1.165, 1.54) is 30.4 Å². The first-order valence-corrected chi connectivity index (χ1v) is 7.77. The first kappa shape index (κ1) is 12.8. The molecule has 0 N–H and O–H groups in total. The van der Waals surface area contributed by atoms with Crippen LogP contribution >= 0.6 is 0 Å². The molecule has 0 unspecified atom stereocenters. The Balaban J connectivity index is 1.81. The summed E-state index contributed by atoms with van der Waals surface area (Å²) in [5.41, 5.74) is 2.58. The quantitative estimate of drug-likeness (QED) is 0.793. The van der Waals surface area contributed by atoms with Crippen molar-refractivity contribution in [3.63, 3.8) is 0 Å². The first-order valence-electron chi connectivity index (χ1n) is 7.77. The molecule has 0 aromatic heterocycles. The van der Waals surface area contributed by atoms with Crippen LogP contribution in [0.15, 0.2) is 48.5 Å². The van der Waals surface area contributed by atoms with Crippen LogP contribution < -0.4 is 9.47 Å². The van der Waals surface area contributed by atoms with Gasteiger partial charge in [0.05, 0.1) is 7.11 Å². The van der Waals surface area contributed by atoms with E-state index in [1.54, 1.807) is 7.11 Å². The molecule has 2 aromatic rings. The minimum Gasteiger partial charge on any atom is -0.496 e. The Hall–Kier alpha value is -1.96. The standard InChI is InChI=1S/C19H20O2/c1-20-16-11-6-12-17-18(16)14-9-5-10-15(14)19(21-17)13-7-3-2-4-8-13/h2-4,6-8,11-12,14-15,19H,5,9-10H2,1H3/t14-,15+,19+/m1/s1. The van der Waals surface area contributed by atoms with Crippen LogP contribution in [0.25, 0.3) is 0 Å². The smallest absolute Gasteiger partial charge is 0.127 e. The highest BCUT2D eigenvalue weighted by molar-refractivity contribution is 5.50. The van der Waals surface area contributed by atoms with Gasteiger partial charge in [-0.15, -0.1) is 0 Å². The van der Waals surface area contributed by atoms with Crippen molar-refractivity contribution in [2.24, 2.45) is 5.92 Å². The molecule has 1 aliphatic heterocycles. The molecule has 1 saturated carbocycles. The van der Waals surface area contributed by atoms with Crippen molar-refractivity contribution in [2.45, 2.75) is 31.3 Å². The molecule has 2 aliphatic rings. The fourth-order valence-electron chi connectivity index (χ4n) is 4.06. The molecule has 3 atom stereocenters.